The number of hydrogen-bond acceptors (Lipinski definition) is 4. The van der Waals surface area contributed by atoms with E-state index in [-0.39, 0.29) is 24.1 Å². The number of nitrogen functional groups attached to an aromatic ring is 1. The number of anilines is 1. The lowest BCUT2D eigenvalue weighted by atomic mass is 9.99. The number of piperidine rings is 1. The van der Waals surface area contributed by atoms with Crippen LogP contribution in [0.4, 0.5) is 5.69 Å². The van der Waals surface area contributed by atoms with Gasteiger partial charge < -0.3 is 15.7 Å². The summed E-state index contributed by atoms with van der Waals surface area (Å²) in [4.78, 5) is 14.8. The minimum Gasteiger partial charge on any atom is -0.395 e. The minimum atomic E-state index is -0.272. The molecule has 1 amide bonds. The third kappa shape index (κ3) is 1.90. The molecule has 3 N–H and O–H groups in total. The van der Waals surface area contributed by atoms with Crippen molar-refractivity contribution >= 4 is 11.6 Å². The van der Waals surface area contributed by atoms with Gasteiger partial charge >= 0.3 is 0 Å². The summed E-state index contributed by atoms with van der Waals surface area (Å²) in [6.45, 7) is 1.98. The van der Waals surface area contributed by atoms with Gasteiger partial charge in [0.05, 0.1) is 17.5 Å². The summed E-state index contributed by atoms with van der Waals surface area (Å²) >= 11 is 0. The van der Waals surface area contributed by atoms with Crippen LogP contribution >= 0.6 is 0 Å². The summed E-state index contributed by atoms with van der Waals surface area (Å²) < 4.78 is 1.60. The number of aliphatic hydroxyl groups is 1. The highest BCUT2D eigenvalue weighted by Crippen LogP contribution is 2.37. The summed E-state index contributed by atoms with van der Waals surface area (Å²) in [6.07, 6.45) is 3.77. The van der Waals surface area contributed by atoms with Crippen LogP contribution in [0.1, 0.15) is 48.8 Å². The molecule has 2 saturated heterocycles. The lowest BCUT2D eigenvalue weighted by Crippen LogP contribution is -2.48. The van der Waals surface area contributed by atoms with Crippen LogP contribution in [0.5, 0.6) is 0 Å². The topological polar surface area (TPSA) is 84.4 Å². The number of aliphatic hydroxyl groups excluding tert-OH is 1. The number of rotatable bonds is 2. The highest BCUT2D eigenvalue weighted by molar-refractivity contribution is 5.98. The molecular weight excluding hydrogens is 256 g/mol. The van der Waals surface area contributed by atoms with Crippen LogP contribution in [0.2, 0.25) is 0 Å². The van der Waals surface area contributed by atoms with Crippen LogP contribution in [0, 0.1) is 0 Å². The van der Waals surface area contributed by atoms with Gasteiger partial charge in [-0.25, -0.2) is 0 Å². The van der Waals surface area contributed by atoms with Crippen LogP contribution in [-0.4, -0.2) is 43.9 Å². The summed E-state index contributed by atoms with van der Waals surface area (Å²) in [5, 5.41) is 14.2. The Morgan fingerprint density at radius 1 is 1.40 bits per heavy atom. The second kappa shape index (κ2) is 4.77. The lowest BCUT2D eigenvalue weighted by molar-refractivity contribution is 0.0280. The summed E-state index contributed by atoms with van der Waals surface area (Å²) in [5.74, 6) is -0.0309. The molecule has 2 aliphatic rings. The van der Waals surface area contributed by atoms with Crippen molar-refractivity contribution in [3.63, 3.8) is 0 Å². The Balaban J connectivity index is 1.92. The van der Waals surface area contributed by atoms with Crippen molar-refractivity contribution in [3.8, 4) is 0 Å². The number of carbonyl (C=O) groups excluding carboxylic acids is 1. The van der Waals surface area contributed by atoms with E-state index in [1.807, 2.05) is 11.8 Å². The molecule has 1 aromatic heterocycles. The second-order valence-corrected chi connectivity index (χ2v) is 5.91. The normalized spacial score (nSPS) is 28.9. The molecule has 110 valence electrons. The SMILES string of the molecule is CCc1nn(C)c(C(=O)N2C3CCC2CC(O)C3)c1N. The molecule has 0 aliphatic carbocycles. The number of aromatic nitrogens is 2. The molecule has 2 aliphatic heterocycles. The minimum absolute atomic E-state index is 0.0309. The van der Waals surface area contributed by atoms with Gasteiger partial charge in [-0.05, 0) is 32.1 Å². The summed E-state index contributed by atoms with van der Waals surface area (Å²) in [6, 6.07) is 0.297. The number of nitrogens with two attached hydrogens (primary N) is 1. The zero-order valence-corrected chi connectivity index (χ0v) is 12.0. The van der Waals surface area contributed by atoms with E-state index in [2.05, 4.69) is 5.10 Å². The van der Waals surface area contributed by atoms with Gasteiger partial charge in [0.15, 0.2) is 0 Å². The van der Waals surface area contributed by atoms with Crippen molar-refractivity contribution in [1.29, 1.82) is 0 Å². The van der Waals surface area contributed by atoms with E-state index in [1.54, 1.807) is 11.7 Å². The third-order valence-electron chi connectivity index (χ3n) is 4.64. The van der Waals surface area contributed by atoms with Gasteiger partial charge in [0.25, 0.3) is 5.91 Å². The van der Waals surface area contributed by atoms with Crippen molar-refractivity contribution in [1.82, 2.24) is 14.7 Å². The van der Waals surface area contributed by atoms with Gasteiger partial charge in [-0.3, -0.25) is 9.48 Å². The Morgan fingerprint density at radius 3 is 2.50 bits per heavy atom. The standard InChI is InChI=1S/C14H22N4O2/c1-3-11-12(15)13(17(2)16-11)14(20)18-8-4-5-9(18)7-10(19)6-8/h8-10,19H,3-7,15H2,1-2H3. The molecule has 3 heterocycles. The van der Waals surface area contributed by atoms with Crippen LogP contribution < -0.4 is 5.73 Å². The molecule has 0 aromatic carbocycles. The third-order valence-corrected chi connectivity index (χ3v) is 4.64. The molecule has 3 rings (SSSR count). The molecule has 6 heteroatoms. The maximum atomic E-state index is 12.8. The first-order valence-corrected chi connectivity index (χ1v) is 7.35. The molecule has 2 unspecified atom stereocenters. The first kappa shape index (κ1) is 13.4. The Bertz CT molecular complexity index is 526. The summed E-state index contributed by atoms with van der Waals surface area (Å²) in [7, 11) is 1.77. The van der Waals surface area contributed by atoms with E-state index >= 15 is 0 Å². The van der Waals surface area contributed by atoms with E-state index in [1.165, 1.54) is 0 Å². The molecular formula is C14H22N4O2. The molecule has 2 fully saturated rings. The molecule has 6 nitrogen and oxygen atoms in total. The number of amides is 1. The van der Waals surface area contributed by atoms with Crippen molar-refractivity contribution < 1.29 is 9.90 Å². The molecule has 0 spiro atoms. The monoisotopic (exact) mass is 278 g/mol. The molecule has 0 radical (unpaired) electrons. The Kier molecular flexibility index (Phi) is 3.20. The lowest BCUT2D eigenvalue weighted by Gasteiger charge is -2.37. The second-order valence-electron chi connectivity index (χ2n) is 5.91. The largest absolute Gasteiger partial charge is 0.395 e. The fourth-order valence-electron chi connectivity index (χ4n) is 3.71. The number of nitrogens with zero attached hydrogens (tertiary/aromatic N) is 3. The number of hydrogen-bond donors (Lipinski definition) is 2. The van der Waals surface area contributed by atoms with Crippen LogP contribution in [0.25, 0.3) is 0 Å². The average molecular weight is 278 g/mol. The van der Waals surface area contributed by atoms with Gasteiger partial charge in [0, 0.05) is 19.1 Å². The number of aryl methyl sites for hydroxylation is 2. The van der Waals surface area contributed by atoms with E-state index < -0.39 is 0 Å². The van der Waals surface area contributed by atoms with Crippen LogP contribution in [-0.2, 0) is 13.5 Å². The predicted octanol–water partition coefficient (Wildman–Crippen LogP) is 0.693. The van der Waals surface area contributed by atoms with Gasteiger partial charge in [0.2, 0.25) is 0 Å². The molecule has 20 heavy (non-hydrogen) atoms. The fraction of sp³-hybridized carbons (Fsp3) is 0.714. The highest BCUT2D eigenvalue weighted by atomic mass is 16.3. The quantitative estimate of drug-likeness (QED) is 0.833. The van der Waals surface area contributed by atoms with Crippen LogP contribution in [0.15, 0.2) is 0 Å². The van der Waals surface area contributed by atoms with Crippen molar-refractivity contribution in [2.75, 3.05) is 5.73 Å². The predicted molar refractivity (Wildman–Crippen MR) is 75.2 cm³/mol. The molecule has 0 saturated carbocycles. The van der Waals surface area contributed by atoms with Crippen LogP contribution in [0.3, 0.4) is 0 Å². The van der Waals surface area contributed by atoms with E-state index in [9.17, 15) is 9.90 Å². The van der Waals surface area contributed by atoms with Gasteiger partial charge in [-0.1, -0.05) is 6.92 Å². The van der Waals surface area contributed by atoms with Crippen molar-refractivity contribution in [2.45, 2.75) is 57.2 Å². The summed E-state index contributed by atoms with van der Waals surface area (Å²) in [5.41, 5.74) is 7.86. The fourth-order valence-corrected chi connectivity index (χ4v) is 3.71. The Morgan fingerprint density at radius 2 is 2.00 bits per heavy atom. The van der Waals surface area contributed by atoms with Gasteiger partial charge in [-0.2, -0.15) is 5.10 Å². The zero-order chi connectivity index (χ0) is 14.4. The Hall–Kier alpha value is -1.56. The zero-order valence-electron chi connectivity index (χ0n) is 12.0. The number of carbonyl (C=O) groups is 1. The van der Waals surface area contributed by atoms with E-state index in [0.717, 1.165) is 25.0 Å². The Labute approximate surface area is 118 Å². The van der Waals surface area contributed by atoms with E-state index in [4.69, 9.17) is 5.73 Å². The first-order valence-electron chi connectivity index (χ1n) is 7.35. The average Bonchev–Trinajstić information content (AvgIpc) is 2.84. The maximum Gasteiger partial charge on any atom is 0.274 e. The van der Waals surface area contributed by atoms with Gasteiger partial charge in [0.1, 0.15) is 5.69 Å². The maximum absolute atomic E-state index is 12.8. The molecule has 2 atom stereocenters. The number of fused-ring (bicyclic) bond motifs is 2. The van der Waals surface area contributed by atoms with Crippen molar-refractivity contribution in [3.05, 3.63) is 11.4 Å². The van der Waals surface area contributed by atoms with Gasteiger partial charge in [-0.15, -0.1) is 0 Å². The first-order chi connectivity index (χ1) is 9.52. The molecule has 1 aromatic rings. The highest BCUT2D eigenvalue weighted by Gasteiger charge is 2.44. The van der Waals surface area contributed by atoms with Crippen molar-refractivity contribution in [2.24, 2.45) is 7.05 Å². The van der Waals surface area contributed by atoms with E-state index in [0.29, 0.717) is 24.2 Å². The molecule has 2 bridgehead atoms. The smallest absolute Gasteiger partial charge is 0.274 e.